The van der Waals surface area contributed by atoms with Crippen molar-refractivity contribution in [3.05, 3.63) is 69.7 Å². The van der Waals surface area contributed by atoms with Crippen molar-refractivity contribution in [1.29, 1.82) is 0 Å². The maximum absolute atomic E-state index is 12.2. The maximum atomic E-state index is 12.2. The largest absolute Gasteiger partial charge is 0.365 e. The predicted octanol–water partition coefficient (Wildman–Crippen LogP) is 4.73. The summed E-state index contributed by atoms with van der Waals surface area (Å²) in [6, 6.07) is 15.8. The number of rotatable bonds is 4. The molecule has 0 radical (unpaired) electrons. The summed E-state index contributed by atoms with van der Waals surface area (Å²) in [7, 11) is 0. The van der Waals surface area contributed by atoms with Crippen molar-refractivity contribution in [2.75, 3.05) is 6.61 Å². The number of carbonyl (C=O) groups excluding carboxylic acids is 1. The standard InChI is InChI=1S/C18H17BrO2/c19-15-10-8-14(9-11-15)17(20)12-21-18-7-3-5-13-4-1-2-6-16(13)18/h1-2,4,6,8-11,18H,3,5,7,12H2. The number of ether oxygens (including phenoxy) is 1. The van der Waals surface area contributed by atoms with Gasteiger partial charge in [0.2, 0.25) is 0 Å². The fourth-order valence-electron chi connectivity index (χ4n) is 2.78. The van der Waals surface area contributed by atoms with Crippen LogP contribution in [0.2, 0.25) is 0 Å². The molecule has 0 saturated carbocycles. The molecule has 0 saturated heterocycles. The van der Waals surface area contributed by atoms with Gasteiger partial charge < -0.3 is 4.74 Å². The van der Waals surface area contributed by atoms with Crippen LogP contribution in [-0.4, -0.2) is 12.4 Å². The number of fused-ring (bicyclic) bond motifs is 1. The molecule has 1 aliphatic carbocycles. The molecule has 1 aliphatic rings. The second-order valence-electron chi connectivity index (χ2n) is 5.32. The van der Waals surface area contributed by atoms with Crippen molar-refractivity contribution >= 4 is 21.7 Å². The Morgan fingerprint density at radius 3 is 2.71 bits per heavy atom. The van der Waals surface area contributed by atoms with Crippen molar-refractivity contribution < 1.29 is 9.53 Å². The van der Waals surface area contributed by atoms with Crippen LogP contribution in [-0.2, 0) is 11.2 Å². The van der Waals surface area contributed by atoms with E-state index in [1.165, 1.54) is 11.1 Å². The summed E-state index contributed by atoms with van der Waals surface area (Å²) in [5, 5.41) is 0. The van der Waals surface area contributed by atoms with E-state index in [1.807, 2.05) is 30.3 Å². The third-order valence-corrected chi connectivity index (χ3v) is 4.42. The lowest BCUT2D eigenvalue weighted by atomic mass is 9.89. The van der Waals surface area contributed by atoms with Gasteiger partial charge >= 0.3 is 0 Å². The molecule has 0 spiro atoms. The van der Waals surface area contributed by atoms with E-state index in [4.69, 9.17) is 4.74 Å². The number of carbonyl (C=O) groups is 1. The lowest BCUT2D eigenvalue weighted by molar-refractivity contribution is 0.0372. The van der Waals surface area contributed by atoms with Crippen molar-refractivity contribution in [3.8, 4) is 0 Å². The van der Waals surface area contributed by atoms with Crippen molar-refractivity contribution in [2.24, 2.45) is 0 Å². The number of halogens is 1. The molecule has 1 unspecified atom stereocenters. The summed E-state index contributed by atoms with van der Waals surface area (Å²) in [6.45, 7) is 0.140. The van der Waals surface area contributed by atoms with E-state index in [0.29, 0.717) is 5.56 Å². The highest BCUT2D eigenvalue weighted by Gasteiger charge is 2.21. The van der Waals surface area contributed by atoms with Crippen molar-refractivity contribution in [1.82, 2.24) is 0 Å². The Hall–Kier alpha value is -1.45. The summed E-state index contributed by atoms with van der Waals surface area (Å²) in [5.41, 5.74) is 3.29. The van der Waals surface area contributed by atoms with Crippen LogP contribution in [0.3, 0.4) is 0 Å². The number of aryl methyl sites for hydroxylation is 1. The molecular weight excluding hydrogens is 328 g/mol. The molecule has 2 aromatic carbocycles. The smallest absolute Gasteiger partial charge is 0.188 e. The highest BCUT2D eigenvalue weighted by molar-refractivity contribution is 9.10. The molecule has 1 atom stereocenters. The Balaban J connectivity index is 1.66. The van der Waals surface area contributed by atoms with Gasteiger partial charge in [-0.25, -0.2) is 0 Å². The summed E-state index contributed by atoms with van der Waals surface area (Å²) in [6.07, 6.45) is 3.27. The van der Waals surface area contributed by atoms with E-state index >= 15 is 0 Å². The van der Waals surface area contributed by atoms with Crippen LogP contribution in [0.15, 0.2) is 53.0 Å². The average Bonchev–Trinajstić information content (AvgIpc) is 2.53. The van der Waals surface area contributed by atoms with Crippen LogP contribution >= 0.6 is 15.9 Å². The van der Waals surface area contributed by atoms with Crippen LogP contribution in [0.25, 0.3) is 0 Å². The molecule has 0 heterocycles. The monoisotopic (exact) mass is 344 g/mol. The summed E-state index contributed by atoms with van der Waals surface area (Å²) >= 11 is 3.37. The fraction of sp³-hybridized carbons (Fsp3) is 0.278. The zero-order valence-electron chi connectivity index (χ0n) is 11.7. The molecule has 3 rings (SSSR count). The quantitative estimate of drug-likeness (QED) is 0.749. The van der Waals surface area contributed by atoms with E-state index in [1.54, 1.807) is 0 Å². The Labute approximate surface area is 133 Å². The fourth-order valence-corrected chi connectivity index (χ4v) is 3.04. The molecule has 0 amide bonds. The molecule has 21 heavy (non-hydrogen) atoms. The summed E-state index contributed by atoms with van der Waals surface area (Å²) < 4.78 is 6.87. The molecule has 2 nitrogen and oxygen atoms in total. The second-order valence-corrected chi connectivity index (χ2v) is 6.24. The maximum Gasteiger partial charge on any atom is 0.188 e. The van der Waals surface area contributed by atoms with Gasteiger partial charge in [0.05, 0.1) is 6.10 Å². The normalized spacial score (nSPS) is 17.3. The van der Waals surface area contributed by atoms with Gasteiger partial charge in [-0.2, -0.15) is 0 Å². The van der Waals surface area contributed by atoms with E-state index in [9.17, 15) is 4.79 Å². The molecule has 3 heteroatoms. The van der Waals surface area contributed by atoms with Crippen LogP contribution in [0, 0.1) is 0 Å². The molecule has 0 aromatic heterocycles. The first-order valence-corrected chi connectivity index (χ1v) is 8.01. The molecule has 2 aromatic rings. The van der Waals surface area contributed by atoms with Crippen molar-refractivity contribution in [3.63, 3.8) is 0 Å². The highest BCUT2D eigenvalue weighted by Crippen LogP contribution is 2.32. The molecule has 0 fully saturated rings. The lowest BCUT2D eigenvalue weighted by Gasteiger charge is -2.25. The average molecular weight is 345 g/mol. The number of hydrogen-bond acceptors (Lipinski definition) is 2. The molecular formula is C18H17BrO2. The SMILES string of the molecule is O=C(COC1CCCc2ccccc21)c1ccc(Br)cc1. The zero-order chi connectivity index (χ0) is 14.7. The first-order valence-electron chi connectivity index (χ1n) is 7.22. The third-order valence-electron chi connectivity index (χ3n) is 3.90. The second kappa shape index (κ2) is 6.54. The van der Waals surface area contributed by atoms with Gasteiger partial charge in [0.1, 0.15) is 6.61 Å². The van der Waals surface area contributed by atoms with Gasteiger partial charge in [0.25, 0.3) is 0 Å². The Kier molecular flexibility index (Phi) is 4.51. The predicted molar refractivity (Wildman–Crippen MR) is 86.5 cm³/mol. The minimum atomic E-state index is 0.0329. The summed E-state index contributed by atoms with van der Waals surface area (Å²) in [4.78, 5) is 12.2. The van der Waals surface area contributed by atoms with Gasteiger partial charge in [-0.15, -0.1) is 0 Å². The molecule has 108 valence electrons. The van der Waals surface area contributed by atoms with Gasteiger partial charge in [0, 0.05) is 10.0 Å². The van der Waals surface area contributed by atoms with E-state index in [2.05, 4.69) is 34.1 Å². The third kappa shape index (κ3) is 3.42. The minimum Gasteiger partial charge on any atom is -0.365 e. The minimum absolute atomic E-state index is 0.0329. The first-order chi connectivity index (χ1) is 10.2. The van der Waals surface area contributed by atoms with Crippen LogP contribution in [0.5, 0.6) is 0 Å². The van der Waals surface area contributed by atoms with E-state index in [-0.39, 0.29) is 18.5 Å². The van der Waals surface area contributed by atoms with E-state index in [0.717, 1.165) is 23.7 Å². The number of Topliss-reactive ketones (excluding diaryl/α,β-unsaturated/α-hetero) is 1. The number of hydrogen-bond donors (Lipinski definition) is 0. The molecule has 0 N–H and O–H groups in total. The Bertz CT molecular complexity index is 634. The number of ketones is 1. The zero-order valence-corrected chi connectivity index (χ0v) is 13.3. The van der Waals surface area contributed by atoms with Crippen LogP contribution in [0.1, 0.15) is 40.4 Å². The van der Waals surface area contributed by atoms with Crippen LogP contribution < -0.4 is 0 Å². The number of benzene rings is 2. The van der Waals surface area contributed by atoms with Crippen LogP contribution in [0.4, 0.5) is 0 Å². The van der Waals surface area contributed by atoms with Gasteiger partial charge in [-0.05, 0) is 42.5 Å². The topological polar surface area (TPSA) is 26.3 Å². The first kappa shape index (κ1) is 14.5. The van der Waals surface area contributed by atoms with Gasteiger partial charge in [-0.1, -0.05) is 52.3 Å². The highest BCUT2D eigenvalue weighted by atomic mass is 79.9. The van der Waals surface area contributed by atoms with Crippen molar-refractivity contribution in [2.45, 2.75) is 25.4 Å². The van der Waals surface area contributed by atoms with Gasteiger partial charge in [-0.3, -0.25) is 4.79 Å². The Morgan fingerprint density at radius 2 is 1.90 bits per heavy atom. The molecule has 0 bridgehead atoms. The molecule has 0 aliphatic heterocycles. The lowest BCUT2D eigenvalue weighted by Crippen LogP contribution is -2.17. The summed E-state index contributed by atoms with van der Waals surface area (Å²) in [5.74, 6) is 0.0329. The van der Waals surface area contributed by atoms with E-state index < -0.39 is 0 Å². The van der Waals surface area contributed by atoms with Gasteiger partial charge in [0.15, 0.2) is 5.78 Å². The Morgan fingerprint density at radius 1 is 1.14 bits per heavy atom.